The Bertz CT molecular complexity index is 673. The first kappa shape index (κ1) is 16.4. The van der Waals surface area contributed by atoms with Crippen LogP contribution in [0.2, 0.25) is 0 Å². The Labute approximate surface area is 130 Å². The van der Waals surface area contributed by atoms with Crippen LogP contribution in [0.3, 0.4) is 0 Å². The predicted octanol–water partition coefficient (Wildman–Crippen LogP) is 2.98. The molecule has 22 heavy (non-hydrogen) atoms. The minimum atomic E-state index is -0.587. The third-order valence-electron chi connectivity index (χ3n) is 3.68. The van der Waals surface area contributed by atoms with E-state index in [0.717, 1.165) is 16.7 Å². The van der Waals surface area contributed by atoms with E-state index >= 15 is 0 Å². The number of hydrogen-bond acceptors (Lipinski definition) is 4. The lowest BCUT2D eigenvalue weighted by Crippen LogP contribution is -2.41. The molecule has 120 valence electrons. The van der Waals surface area contributed by atoms with Crippen molar-refractivity contribution in [3.63, 3.8) is 0 Å². The topological polar surface area (TPSA) is 62.9 Å². The second-order valence-electron chi connectivity index (χ2n) is 5.82. The van der Waals surface area contributed by atoms with Crippen molar-refractivity contribution < 1.29 is 19.1 Å². The molecule has 1 heterocycles. The quantitative estimate of drug-likeness (QED) is 0.922. The van der Waals surface area contributed by atoms with E-state index in [9.17, 15) is 9.90 Å². The molecule has 0 radical (unpaired) electrons. The highest BCUT2D eigenvalue weighted by atomic mass is 16.5. The van der Waals surface area contributed by atoms with Crippen LogP contribution in [0.1, 0.15) is 36.9 Å². The van der Waals surface area contributed by atoms with Crippen LogP contribution in [-0.4, -0.2) is 41.7 Å². The zero-order valence-electron chi connectivity index (χ0n) is 13.7. The second kappa shape index (κ2) is 6.40. The summed E-state index contributed by atoms with van der Waals surface area (Å²) in [6, 6.07) is 5.44. The Morgan fingerprint density at radius 2 is 2.05 bits per heavy atom. The molecule has 0 bridgehead atoms. The van der Waals surface area contributed by atoms with Gasteiger partial charge in [0.1, 0.15) is 11.3 Å². The molecule has 2 aromatic rings. The van der Waals surface area contributed by atoms with Gasteiger partial charge in [-0.3, -0.25) is 4.79 Å². The number of aliphatic hydroxyl groups excluding tert-OH is 1. The summed E-state index contributed by atoms with van der Waals surface area (Å²) in [5, 5.41) is 10.5. The van der Waals surface area contributed by atoms with Gasteiger partial charge in [0, 0.05) is 23.5 Å². The average Bonchev–Trinajstić information content (AvgIpc) is 2.80. The Hall–Kier alpha value is -2.01. The van der Waals surface area contributed by atoms with Crippen LogP contribution < -0.4 is 4.74 Å². The molecule has 1 aromatic carbocycles. The molecule has 5 nitrogen and oxygen atoms in total. The Balaban J connectivity index is 2.44. The van der Waals surface area contributed by atoms with Gasteiger partial charge >= 0.3 is 0 Å². The zero-order chi connectivity index (χ0) is 16.4. The van der Waals surface area contributed by atoms with Crippen molar-refractivity contribution in [3.8, 4) is 5.75 Å². The van der Waals surface area contributed by atoms with E-state index in [2.05, 4.69) is 0 Å². The minimum absolute atomic E-state index is 0.0238. The van der Waals surface area contributed by atoms with Gasteiger partial charge in [-0.2, -0.15) is 0 Å². The van der Waals surface area contributed by atoms with Crippen molar-refractivity contribution in [2.75, 3.05) is 13.7 Å². The van der Waals surface area contributed by atoms with E-state index in [0.29, 0.717) is 11.3 Å². The molecule has 1 atom stereocenters. The molecular weight excluding hydrogens is 282 g/mol. The molecule has 0 aliphatic rings. The highest BCUT2D eigenvalue weighted by Crippen LogP contribution is 2.29. The third kappa shape index (κ3) is 3.09. The molecule has 0 saturated heterocycles. The first-order valence-corrected chi connectivity index (χ1v) is 7.41. The molecule has 1 N–H and O–H groups in total. The number of hydrogen-bond donors (Lipinski definition) is 1. The number of carbonyl (C=O) groups excluding carboxylic acids is 1. The molecule has 0 fully saturated rings. The molecular formula is C17H23NO4. The van der Waals surface area contributed by atoms with Gasteiger partial charge in [0.25, 0.3) is 5.91 Å². The number of furan rings is 1. The van der Waals surface area contributed by atoms with Crippen molar-refractivity contribution in [1.29, 1.82) is 0 Å². The molecule has 0 aliphatic heterocycles. The summed E-state index contributed by atoms with van der Waals surface area (Å²) >= 11 is 0. The van der Waals surface area contributed by atoms with E-state index in [-0.39, 0.29) is 18.5 Å². The maximum atomic E-state index is 12.8. The number of rotatable bonds is 5. The number of benzene rings is 1. The highest BCUT2D eigenvalue weighted by Gasteiger charge is 2.26. The fourth-order valence-corrected chi connectivity index (χ4v) is 2.47. The second-order valence-corrected chi connectivity index (χ2v) is 5.82. The number of methoxy groups -OCH3 is 1. The van der Waals surface area contributed by atoms with E-state index in [1.807, 2.05) is 26.8 Å². The molecule has 0 aliphatic carbocycles. The van der Waals surface area contributed by atoms with Crippen LogP contribution in [0.5, 0.6) is 5.75 Å². The van der Waals surface area contributed by atoms with Gasteiger partial charge in [0.15, 0.2) is 5.76 Å². The fourth-order valence-electron chi connectivity index (χ4n) is 2.47. The SMILES string of the molecule is COc1ccc2oc(C(=O)N(CC(C)O)C(C)C)c(C)c2c1. The Morgan fingerprint density at radius 1 is 1.36 bits per heavy atom. The monoisotopic (exact) mass is 305 g/mol. The van der Waals surface area contributed by atoms with Gasteiger partial charge in [0.2, 0.25) is 0 Å². The number of nitrogens with zero attached hydrogens (tertiary/aromatic N) is 1. The number of aryl methyl sites for hydroxylation is 1. The highest BCUT2D eigenvalue weighted by molar-refractivity contribution is 5.99. The molecule has 1 aromatic heterocycles. The maximum Gasteiger partial charge on any atom is 0.290 e. The summed E-state index contributed by atoms with van der Waals surface area (Å²) in [5.74, 6) is 0.835. The van der Waals surface area contributed by atoms with Crippen molar-refractivity contribution in [2.45, 2.75) is 39.8 Å². The van der Waals surface area contributed by atoms with Crippen LogP contribution in [0.4, 0.5) is 0 Å². The van der Waals surface area contributed by atoms with Crippen LogP contribution >= 0.6 is 0 Å². The third-order valence-corrected chi connectivity index (χ3v) is 3.68. The van der Waals surface area contributed by atoms with Crippen LogP contribution in [0.15, 0.2) is 22.6 Å². The van der Waals surface area contributed by atoms with Gasteiger partial charge in [-0.1, -0.05) is 0 Å². The predicted molar refractivity (Wildman–Crippen MR) is 85.4 cm³/mol. The smallest absolute Gasteiger partial charge is 0.290 e. The molecule has 0 saturated carbocycles. The summed E-state index contributed by atoms with van der Waals surface area (Å²) < 4.78 is 11.0. The largest absolute Gasteiger partial charge is 0.497 e. The lowest BCUT2D eigenvalue weighted by molar-refractivity contribution is 0.0550. The van der Waals surface area contributed by atoms with Crippen molar-refractivity contribution in [3.05, 3.63) is 29.5 Å². The molecule has 1 amide bonds. The van der Waals surface area contributed by atoms with Crippen LogP contribution in [-0.2, 0) is 0 Å². The summed E-state index contributed by atoms with van der Waals surface area (Å²) in [6.45, 7) is 7.64. The minimum Gasteiger partial charge on any atom is -0.497 e. The maximum absolute atomic E-state index is 12.8. The molecule has 5 heteroatoms. The number of ether oxygens (including phenoxy) is 1. The lowest BCUT2D eigenvalue weighted by atomic mass is 10.1. The normalized spacial score (nSPS) is 12.7. The Kier molecular flexibility index (Phi) is 4.76. The van der Waals surface area contributed by atoms with Crippen molar-refractivity contribution in [2.24, 2.45) is 0 Å². The fraction of sp³-hybridized carbons (Fsp3) is 0.471. The molecule has 2 rings (SSSR count). The van der Waals surface area contributed by atoms with E-state index in [1.54, 1.807) is 31.1 Å². The van der Waals surface area contributed by atoms with Crippen molar-refractivity contribution >= 4 is 16.9 Å². The number of aliphatic hydroxyl groups is 1. The summed E-state index contributed by atoms with van der Waals surface area (Å²) in [7, 11) is 1.60. The molecule has 1 unspecified atom stereocenters. The van der Waals surface area contributed by atoms with Gasteiger partial charge in [-0.15, -0.1) is 0 Å². The lowest BCUT2D eigenvalue weighted by Gasteiger charge is -2.27. The first-order chi connectivity index (χ1) is 10.3. The van der Waals surface area contributed by atoms with Gasteiger partial charge in [-0.25, -0.2) is 0 Å². The van der Waals surface area contributed by atoms with Crippen LogP contribution in [0, 0.1) is 6.92 Å². The number of fused-ring (bicyclic) bond motifs is 1. The Morgan fingerprint density at radius 3 is 2.59 bits per heavy atom. The first-order valence-electron chi connectivity index (χ1n) is 7.41. The molecule has 0 spiro atoms. The number of carbonyl (C=O) groups is 1. The summed E-state index contributed by atoms with van der Waals surface area (Å²) in [4.78, 5) is 14.4. The van der Waals surface area contributed by atoms with Gasteiger partial charge in [-0.05, 0) is 45.9 Å². The van der Waals surface area contributed by atoms with Crippen molar-refractivity contribution in [1.82, 2.24) is 4.90 Å². The zero-order valence-corrected chi connectivity index (χ0v) is 13.7. The van der Waals surface area contributed by atoms with E-state index in [4.69, 9.17) is 9.15 Å². The number of amides is 1. The standard InChI is InChI=1S/C17H23NO4/c1-10(2)18(9-11(3)19)17(20)16-12(4)14-8-13(21-5)6-7-15(14)22-16/h6-8,10-11,19H,9H2,1-5H3. The van der Waals surface area contributed by atoms with Crippen LogP contribution in [0.25, 0.3) is 11.0 Å². The summed E-state index contributed by atoms with van der Waals surface area (Å²) in [6.07, 6.45) is -0.587. The average molecular weight is 305 g/mol. The van der Waals surface area contributed by atoms with E-state index < -0.39 is 6.10 Å². The van der Waals surface area contributed by atoms with E-state index in [1.165, 1.54) is 0 Å². The van der Waals surface area contributed by atoms with Gasteiger partial charge in [0.05, 0.1) is 13.2 Å². The van der Waals surface area contributed by atoms with Gasteiger partial charge < -0.3 is 19.2 Å². The summed E-state index contributed by atoms with van der Waals surface area (Å²) in [5.41, 5.74) is 1.44.